The number of hydrogen-bond donors (Lipinski definition) is 1. The first-order valence-electron chi connectivity index (χ1n) is 11.0. The van der Waals surface area contributed by atoms with Crippen molar-refractivity contribution in [3.05, 3.63) is 43.0 Å². The van der Waals surface area contributed by atoms with Gasteiger partial charge in [0.1, 0.15) is 39.8 Å². The van der Waals surface area contributed by atoms with Crippen LogP contribution in [0.25, 0.3) is 11.2 Å². The van der Waals surface area contributed by atoms with Crippen LogP contribution >= 0.6 is 31.1 Å². The number of fused-ring (bicyclic) bond motifs is 2. The summed E-state index contributed by atoms with van der Waals surface area (Å²) < 4.78 is 39.4. The van der Waals surface area contributed by atoms with Gasteiger partial charge in [-0.25, -0.2) is 19.5 Å². The topological polar surface area (TPSA) is 118 Å². The van der Waals surface area contributed by atoms with Gasteiger partial charge in [-0.15, -0.1) is 23.5 Å². The zero-order chi connectivity index (χ0) is 24.8. The largest absolute Gasteiger partial charge is 0.424 e. The highest BCUT2D eigenvalue weighted by Gasteiger charge is 2.57. The summed E-state index contributed by atoms with van der Waals surface area (Å²) in [5.74, 6) is -0.486. The second-order valence-electron chi connectivity index (χ2n) is 8.73. The van der Waals surface area contributed by atoms with Gasteiger partial charge in [0, 0.05) is 6.42 Å². The van der Waals surface area contributed by atoms with Crippen LogP contribution in [0.5, 0.6) is 5.75 Å². The maximum absolute atomic E-state index is 13.2. The lowest BCUT2D eigenvalue weighted by atomic mass is 10.1. The van der Waals surface area contributed by atoms with E-state index < -0.39 is 42.9 Å². The van der Waals surface area contributed by atoms with Crippen molar-refractivity contribution in [1.82, 2.24) is 19.5 Å². The average Bonchev–Trinajstić information content (AvgIpc) is 3.48. The van der Waals surface area contributed by atoms with E-state index in [0.29, 0.717) is 16.9 Å². The predicted octanol–water partition coefficient (Wildman–Crippen LogP) is 4.31. The van der Waals surface area contributed by atoms with Crippen LogP contribution in [0.2, 0.25) is 0 Å². The SMILES string of the molecule is CSc1ncnc2c1ncn2[C@@H]1O[C@H](CC(SC)P(=O)(O)Oc2ccccc2)[C@H]2OC(C)(C)O[C@H]21. The van der Waals surface area contributed by atoms with Gasteiger partial charge in [0.05, 0.1) is 12.4 Å². The fraction of sp³-hybridized carbons (Fsp3) is 0.500. The van der Waals surface area contributed by atoms with Crippen LogP contribution in [0, 0.1) is 0 Å². The molecular weight excluding hydrogens is 511 g/mol. The third-order valence-electron chi connectivity index (χ3n) is 5.97. The van der Waals surface area contributed by atoms with Gasteiger partial charge in [-0.05, 0) is 38.5 Å². The second-order valence-corrected chi connectivity index (χ2v) is 12.9. The summed E-state index contributed by atoms with van der Waals surface area (Å²) in [6, 6.07) is 8.64. The fourth-order valence-corrected chi connectivity index (χ4v) is 7.57. The van der Waals surface area contributed by atoms with E-state index in [4.69, 9.17) is 18.7 Å². The zero-order valence-electron chi connectivity index (χ0n) is 19.7. The van der Waals surface area contributed by atoms with E-state index in [-0.39, 0.29) is 6.42 Å². The fourth-order valence-electron chi connectivity index (χ4n) is 4.49. The number of imidazole rings is 1. The average molecular weight is 539 g/mol. The summed E-state index contributed by atoms with van der Waals surface area (Å²) in [5, 5.41) is 0.769. The van der Waals surface area contributed by atoms with E-state index in [1.54, 1.807) is 36.8 Å². The van der Waals surface area contributed by atoms with Crippen LogP contribution in [0.15, 0.2) is 48.0 Å². The Hall–Kier alpha value is -1.66. The predicted molar refractivity (Wildman–Crippen MR) is 134 cm³/mol. The third-order valence-corrected chi connectivity index (χ3v) is 10.2. The molecule has 0 bridgehead atoms. The van der Waals surface area contributed by atoms with Crippen LogP contribution in [0.4, 0.5) is 0 Å². The minimum Gasteiger partial charge on any atom is -0.424 e. The molecule has 1 aromatic carbocycles. The lowest BCUT2D eigenvalue weighted by Crippen LogP contribution is -2.32. The van der Waals surface area contributed by atoms with E-state index in [1.807, 2.05) is 30.7 Å². The molecule has 1 N–H and O–H groups in total. The van der Waals surface area contributed by atoms with Crippen LogP contribution in [0.1, 0.15) is 26.5 Å². The van der Waals surface area contributed by atoms with Crippen molar-refractivity contribution in [2.24, 2.45) is 0 Å². The van der Waals surface area contributed by atoms with Gasteiger partial charge < -0.3 is 23.6 Å². The quantitative estimate of drug-likeness (QED) is 0.251. The van der Waals surface area contributed by atoms with Gasteiger partial charge in [-0.3, -0.25) is 4.57 Å². The van der Waals surface area contributed by atoms with Crippen molar-refractivity contribution in [3.63, 3.8) is 0 Å². The summed E-state index contributed by atoms with van der Waals surface area (Å²) in [6.45, 7) is 3.70. The minimum absolute atomic E-state index is 0.233. The Morgan fingerprint density at radius 1 is 1.17 bits per heavy atom. The number of para-hydroxylation sites is 1. The Balaban J connectivity index is 1.42. The lowest BCUT2D eigenvalue weighted by Gasteiger charge is -2.27. The van der Waals surface area contributed by atoms with Gasteiger partial charge >= 0.3 is 7.60 Å². The highest BCUT2D eigenvalue weighted by molar-refractivity contribution is 8.04. The Kier molecular flexibility index (Phi) is 6.90. The molecule has 0 spiro atoms. The summed E-state index contributed by atoms with van der Waals surface area (Å²) in [6.07, 6.45) is 5.14. The van der Waals surface area contributed by atoms with E-state index in [0.717, 1.165) is 5.03 Å². The number of thioether (sulfide) groups is 2. The molecule has 0 saturated carbocycles. The van der Waals surface area contributed by atoms with Gasteiger partial charge in [0.25, 0.3) is 0 Å². The standard InChI is InChI=1S/C22H27N4O6PS2/c1-22(2)30-17-14(10-15(34-3)33(27,28)32-13-8-6-5-7-9-13)29-21(18(17)31-22)26-12-25-16-19(26)23-11-24-20(16)35-4/h5-9,11-12,14-15,17-18,21H,10H2,1-4H3,(H,27,28)/t14-,15?,17-,18-,21-/m1/s1. The summed E-state index contributed by atoms with van der Waals surface area (Å²) >= 11 is 2.76. The van der Waals surface area contributed by atoms with E-state index in [2.05, 4.69) is 15.0 Å². The molecule has 2 aliphatic rings. The Labute approximate surface area is 211 Å². The van der Waals surface area contributed by atoms with Crippen molar-refractivity contribution in [1.29, 1.82) is 0 Å². The summed E-state index contributed by atoms with van der Waals surface area (Å²) in [7, 11) is -4.03. The van der Waals surface area contributed by atoms with Crippen LogP contribution < -0.4 is 4.52 Å². The van der Waals surface area contributed by atoms with Crippen molar-refractivity contribution in [3.8, 4) is 5.75 Å². The zero-order valence-corrected chi connectivity index (χ0v) is 22.2. The molecule has 188 valence electrons. The highest BCUT2D eigenvalue weighted by Crippen LogP contribution is 2.55. The third kappa shape index (κ3) is 4.85. The minimum atomic E-state index is -4.03. The molecule has 2 saturated heterocycles. The molecule has 0 aliphatic carbocycles. The van der Waals surface area contributed by atoms with Gasteiger partial charge in [0.2, 0.25) is 0 Å². The number of nitrogens with zero attached hydrogens (tertiary/aromatic N) is 4. The molecule has 5 rings (SSSR count). The molecule has 4 heterocycles. The van der Waals surface area contributed by atoms with Gasteiger partial charge in [-0.1, -0.05) is 18.2 Å². The first-order chi connectivity index (χ1) is 16.7. The van der Waals surface area contributed by atoms with Crippen LogP contribution in [-0.2, 0) is 18.8 Å². The van der Waals surface area contributed by atoms with E-state index in [9.17, 15) is 9.46 Å². The van der Waals surface area contributed by atoms with Crippen LogP contribution in [0.3, 0.4) is 0 Å². The van der Waals surface area contributed by atoms with Crippen molar-refractivity contribution in [2.75, 3.05) is 12.5 Å². The normalized spacial score (nSPS) is 28.0. The Morgan fingerprint density at radius 2 is 1.91 bits per heavy atom. The van der Waals surface area contributed by atoms with Crippen molar-refractivity contribution in [2.45, 2.75) is 60.6 Å². The Morgan fingerprint density at radius 3 is 2.63 bits per heavy atom. The first kappa shape index (κ1) is 25.0. The smallest absolute Gasteiger partial charge is 0.389 e. The van der Waals surface area contributed by atoms with Gasteiger partial charge in [0.15, 0.2) is 17.7 Å². The number of ether oxygens (including phenoxy) is 3. The van der Waals surface area contributed by atoms with Gasteiger partial charge in [-0.2, -0.15) is 0 Å². The molecule has 6 atom stereocenters. The molecule has 3 aromatic rings. The first-order valence-corrected chi connectivity index (χ1v) is 15.2. The van der Waals surface area contributed by atoms with Crippen molar-refractivity contribution < 1.29 is 28.2 Å². The molecule has 2 aromatic heterocycles. The van der Waals surface area contributed by atoms with E-state index in [1.165, 1.54) is 29.9 Å². The molecule has 0 radical (unpaired) electrons. The second kappa shape index (κ2) is 9.66. The summed E-state index contributed by atoms with van der Waals surface area (Å²) in [4.78, 5) is 23.3. The molecule has 0 amide bonds. The monoisotopic (exact) mass is 538 g/mol. The maximum Gasteiger partial charge on any atom is 0.389 e. The highest BCUT2D eigenvalue weighted by atomic mass is 32.2. The molecular formula is C22H27N4O6PS2. The Bertz CT molecular complexity index is 1250. The van der Waals surface area contributed by atoms with E-state index >= 15 is 0 Å². The number of hydrogen-bond acceptors (Lipinski definition) is 10. The molecule has 13 heteroatoms. The molecule has 35 heavy (non-hydrogen) atoms. The molecule has 2 aliphatic heterocycles. The lowest BCUT2D eigenvalue weighted by molar-refractivity contribution is -0.196. The molecule has 10 nitrogen and oxygen atoms in total. The summed E-state index contributed by atoms with van der Waals surface area (Å²) in [5.41, 5.74) is 1.31. The molecule has 2 fully saturated rings. The number of benzene rings is 1. The van der Waals surface area contributed by atoms with Crippen molar-refractivity contribution >= 4 is 42.3 Å². The number of aromatic nitrogens is 4. The molecule has 2 unspecified atom stereocenters. The number of rotatable bonds is 8. The maximum atomic E-state index is 13.2. The van der Waals surface area contributed by atoms with Crippen LogP contribution in [-0.4, -0.2) is 66.0 Å².